The van der Waals surface area contributed by atoms with Crippen LogP contribution in [0.15, 0.2) is 29.1 Å². The maximum atomic E-state index is 13.3. The number of rotatable bonds is 4. The Balaban J connectivity index is 1.66. The molecule has 0 bridgehead atoms. The molecule has 1 saturated heterocycles. The zero-order valence-electron chi connectivity index (χ0n) is 16.0. The Morgan fingerprint density at radius 1 is 1.18 bits per heavy atom. The summed E-state index contributed by atoms with van der Waals surface area (Å²) in [6.07, 6.45) is 4.36. The van der Waals surface area contributed by atoms with Gasteiger partial charge in [0.05, 0.1) is 22.4 Å². The first-order valence-electron chi connectivity index (χ1n) is 9.83. The molecule has 1 aromatic heterocycles. The van der Waals surface area contributed by atoms with Crippen molar-refractivity contribution >= 4 is 26.6 Å². The Hall–Kier alpha value is -2.22. The standard InChI is InChI=1S/C20H25N3O4S/c1-14-21-18-9-5-4-8-17(18)20(25)22(14)12-19(24)23(15-6-2-3-7-15)16-10-11-28(26,27)13-16/h4-5,8-9,15-16H,2-3,6-7,10-13H2,1H3/t16-/m0/s1. The summed E-state index contributed by atoms with van der Waals surface area (Å²) in [7, 11) is -3.10. The van der Waals surface area contributed by atoms with E-state index >= 15 is 0 Å². The molecule has 7 nitrogen and oxygen atoms in total. The highest BCUT2D eigenvalue weighted by molar-refractivity contribution is 7.91. The summed E-state index contributed by atoms with van der Waals surface area (Å²) in [5, 5.41) is 0.483. The van der Waals surface area contributed by atoms with E-state index in [1.165, 1.54) is 4.57 Å². The van der Waals surface area contributed by atoms with Crippen molar-refractivity contribution in [3.8, 4) is 0 Å². The lowest BCUT2D eigenvalue weighted by Crippen LogP contribution is -2.49. The highest BCUT2D eigenvalue weighted by atomic mass is 32.2. The highest BCUT2D eigenvalue weighted by Gasteiger charge is 2.39. The number of amides is 1. The molecule has 1 amide bonds. The molecule has 1 aliphatic heterocycles. The van der Waals surface area contributed by atoms with Gasteiger partial charge in [0.25, 0.3) is 5.56 Å². The van der Waals surface area contributed by atoms with Crippen LogP contribution in [0.1, 0.15) is 37.9 Å². The minimum absolute atomic E-state index is 0.0269. The largest absolute Gasteiger partial charge is 0.334 e. The molecule has 1 atom stereocenters. The van der Waals surface area contributed by atoms with E-state index in [1.54, 1.807) is 30.0 Å². The van der Waals surface area contributed by atoms with Crippen LogP contribution in [0.2, 0.25) is 0 Å². The van der Waals surface area contributed by atoms with Gasteiger partial charge in [0.1, 0.15) is 12.4 Å². The van der Waals surface area contributed by atoms with Gasteiger partial charge in [-0.05, 0) is 38.3 Å². The number of sulfone groups is 1. The van der Waals surface area contributed by atoms with Gasteiger partial charge in [0.2, 0.25) is 5.91 Å². The number of aromatic nitrogens is 2. The molecule has 0 unspecified atom stereocenters. The molecule has 2 aromatic rings. The van der Waals surface area contributed by atoms with Crippen LogP contribution in [0.4, 0.5) is 0 Å². The number of hydrogen-bond acceptors (Lipinski definition) is 5. The van der Waals surface area contributed by atoms with Crippen LogP contribution in [0, 0.1) is 6.92 Å². The van der Waals surface area contributed by atoms with E-state index < -0.39 is 9.84 Å². The van der Waals surface area contributed by atoms with Crippen molar-refractivity contribution < 1.29 is 13.2 Å². The van der Waals surface area contributed by atoms with Gasteiger partial charge in [-0.1, -0.05) is 25.0 Å². The monoisotopic (exact) mass is 403 g/mol. The van der Waals surface area contributed by atoms with E-state index in [-0.39, 0.29) is 41.6 Å². The van der Waals surface area contributed by atoms with E-state index in [4.69, 9.17) is 0 Å². The smallest absolute Gasteiger partial charge is 0.261 e. The third-order valence-corrected chi connectivity index (χ3v) is 7.70. The predicted octanol–water partition coefficient (Wildman–Crippen LogP) is 1.66. The molecule has 2 fully saturated rings. The number of carbonyl (C=O) groups is 1. The molecular formula is C20H25N3O4S. The first kappa shape index (κ1) is 19.1. The Bertz CT molecular complexity index is 1070. The molecule has 1 saturated carbocycles. The normalized spacial score (nSPS) is 22.0. The van der Waals surface area contributed by atoms with Gasteiger partial charge in [-0.25, -0.2) is 13.4 Å². The maximum absolute atomic E-state index is 13.3. The van der Waals surface area contributed by atoms with Crippen LogP contribution in [0.3, 0.4) is 0 Å². The number of aryl methyl sites for hydroxylation is 1. The lowest BCUT2D eigenvalue weighted by Gasteiger charge is -2.34. The molecule has 4 rings (SSSR count). The zero-order valence-corrected chi connectivity index (χ0v) is 16.8. The SMILES string of the molecule is Cc1nc2ccccc2c(=O)n1CC(=O)N(C1CCCC1)[C@H]1CCS(=O)(=O)C1. The van der Waals surface area contributed by atoms with Crippen LogP contribution in [0.5, 0.6) is 0 Å². The topological polar surface area (TPSA) is 89.3 Å². The van der Waals surface area contributed by atoms with E-state index in [2.05, 4.69) is 4.98 Å². The molecule has 150 valence electrons. The fourth-order valence-corrected chi connectivity index (χ4v) is 6.28. The maximum Gasteiger partial charge on any atom is 0.261 e. The summed E-state index contributed by atoms with van der Waals surface area (Å²) in [4.78, 5) is 32.4. The van der Waals surface area contributed by atoms with Crippen molar-refractivity contribution in [2.45, 2.75) is 57.7 Å². The van der Waals surface area contributed by atoms with E-state index in [9.17, 15) is 18.0 Å². The van der Waals surface area contributed by atoms with Gasteiger partial charge in [-0.3, -0.25) is 14.2 Å². The van der Waals surface area contributed by atoms with Crippen LogP contribution in [-0.4, -0.2) is 52.4 Å². The number of nitrogens with zero attached hydrogens (tertiary/aromatic N) is 3. The number of benzene rings is 1. The van der Waals surface area contributed by atoms with Crippen molar-refractivity contribution in [1.29, 1.82) is 0 Å². The van der Waals surface area contributed by atoms with Crippen LogP contribution < -0.4 is 5.56 Å². The molecule has 1 aliphatic carbocycles. The molecule has 1 aromatic carbocycles. The van der Waals surface area contributed by atoms with E-state index in [1.807, 2.05) is 6.07 Å². The summed E-state index contributed by atoms with van der Waals surface area (Å²) in [6.45, 7) is 1.62. The van der Waals surface area contributed by atoms with Crippen molar-refractivity contribution in [3.63, 3.8) is 0 Å². The molecule has 2 aliphatic rings. The van der Waals surface area contributed by atoms with Crippen molar-refractivity contribution in [2.75, 3.05) is 11.5 Å². The molecule has 0 radical (unpaired) electrons. The van der Waals surface area contributed by atoms with Gasteiger partial charge in [-0.2, -0.15) is 0 Å². The van der Waals surface area contributed by atoms with E-state index in [0.717, 1.165) is 25.7 Å². The number of para-hydroxylation sites is 1. The van der Waals surface area contributed by atoms with E-state index in [0.29, 0.717) is 23.1 Å². The fourth-order valence-electron chi connectivity index (χ4n) is 4.56. The second kappa shape index (κ2) is 7.31. The van der Waals surface area contributed by atoms with Gasteiger partial charge in [-0.15, -0.1) is 0 Å². The molecular weight excluding hydrogens is 378 g/mol. The Morgan fingerprint density at radius 3 is 2.57 bits per heavy atom. The average molecular weight is 404 g/mol. The minimum Gasteiger partial charge on any atom is -0.334 e. The van der Waals surface area contributed by atoms with Gasteiger partial charge < -0.3 is 4.90 Å². The minimum atomic E-state index is -3.10. The lowest BCUT2D eigenvalue weighted by molar-refractivity contribution is -0.136. The van der Waals surface area contributed by atoms with Gasteiger partial charge >= 0.3 is 0 Å². The summed E-state index contributed by atoms with van der Waals surface area (Å²) >= 11 is 0. The fraction of sp³-hybridized carbons (Fsp3) is 0.550. The first-order chi connectivity index (χ1) is 13.4. The second-order valence-electron chi connectivity index (χ2n) is 7.86. The Morgan fingerprint density at radius 2 is 1.89 bits per heavy atom. The van der Waals surface area contributed by atoms with Crippen molar-refractivity contribution in [3.05, 3.63) is 40.4 Å². The molecule has 8 heteroatoms. The summed E-state index contributed by atoms with van der Waals surface area (Å²) in [5.41, 5.74) is 0.380. The third-order valence-electron chi connectivity index (χ3n) is 5.95. The molecule has 0 N–H and O–H groups in total. The van der Waals surface area contributed by atoms with Gasteiger partial charge in [0.15, 0.2) is 9.84 Å². The average Bonchev–Trinajstić information content (AvgIpc) is 3.29. The second-order valence-corrected chi connectivity index (χ2v) is 10.1. The molecule has 2 heterocycles. The molecule has 28 heavy (non-hydrogen) atoms. The highest BCUT2D eigenvalue weighted by Crippen LogP contribution is 2.29. The molecule has 0 spiro atoms. The lowest BCUT2D eigenvalue weighted by atomic mass is 10.1. The summed E-state index contributed by atoms with van der Waals surface area (Å²) in [6, 6.07) is 6.88. The first-order valence-corrected chi connectivity index (χ1v) is 11.7. The van der Waals surface area contributed by atoms with Crippen LogP contribution >= 0.6 is 0 Å². The number of hydrogen-bond donors (Lipinski definition) is 0. The van der Waals surface area contributed by atoms with Gasteiger partial charge in [0, 0.05) is 12.1 Å². The summed E-state index contributed by atoms with van der Waals surface area (Å²) in [5.74, 6) is 0.461. The Labute approximate surface area is 164 Å². The predicted molar refractivity (Wildman–Crippen MR) is 107 cm³/mol. The third kappa shape index (κ3) is 3.57. The van der Waals surface area contributed by atoms with Crippen LogP contribution in [-0.2, 0) is 21.2 Å². The number of fused-ring (bicyclic) bond motifs is 1. The quantitative estimate of drug-likeness (QED) is 0.775. The van der Waals surface area contributed by atoms with Crippen molar-refractivity contribution in [1.82, 2.24) is 14.5 Å². The zero-order chi connectivity index (χ0) is 19.9. The summed E-state index contributed by atoms with van der Waals surface area (Å²) < 4.78 is 25.4. The Kier molecular flexibility index (Phi) is 4.99. The van der Waals surface area contributed by atoms with Crippen LogP contribution in [0.25, 0.3) is 10.9 Å². The number of carbonyl (C=O) groups excluding carboxylic acids is 1. The van der Waals surface area contributed by atoms with Crippen molar-refractivity contribution in [2.24, 2.45) is 0 Å².